The number of thiazole rings is 1. The lowest BCUT2D eigenvalue weighted by Gasteiger charge is -2.03. The number of halogens is 2. The number of carbonyl (C=O) groups is 1. The molecular formula is C13H11BrFNOS. The molecule has 0 atom stereocenters. The first-order chi connectivity index (χ1) is 8.56. The van der Waals surface area contributed by atoms with Crippen LogP contribution in [0.5, 0.6) is 0 Å². The molecule has 0 unspecified atom stereocenters. The number of nitrogens with zero attached hydrogens (tertiary/aromatic N) is 1. The van der Waals surface area contributed by atoms with Crippen LogP contribution in [-0.2, 0) is 17.6 Å². The second-order valence-corrected chi connectivity index (χ2v) is 5.82. The van der Waals surface area contributed by atoms with Crippen molar-refractivity contribution in [3.8, 4) is 0 Å². The largest absolute Gasteiger partial charge is 0.299 e. The third-order valence-electron chi connectivity index (χ3n) is 2.46. The quantitative estimate of drug-likeness (QED) is 0.856. The van der Waals surface area contributed by atoms with Crippen molar-refractivity contribution < 1.29 is 9.18 Å². The number of rotatable bonds is 4. The molecular weight excluding hydrogens is 317 g/mol. The Bertz CT molecular complexity index is 582. The Kier molecular flexibility index (Phi) is 4.24. The van der Waals surface area contributed by atoms with Crippen molar-refractivity contribution in [1.82, 2.24) is 4.98 Å². The fraction of sp³-hybridized carbons (Fsp3) is 0.231. The van der Waals surface area contributed by atoms with Gasteiger partial charge in [0.1, 0.15) is 11.6 Å². The molecule has 94 valence electrons. The first-order valence-corrected chi connectivity index (χ1v) is 7.09. The van der Waals surface area contributed by atoms with E-state index in [-0.39, 0.29) is 18.0 Å². The van der Waals surface area contributed by atoms with Gasteiger partial charge in [-0.05, 0) is 34.5 Å². The van der Waals surface area contributed by atoms with Crippen LogP contribution >= 0.6 is 27.3 Å². The highest BCUT2D eigenvalue weighted by Crippen LogP contribution is 2.21. The van der Waals surface area contributed by atoms with E-state index in [0.29, 0.717) is 16.5 Å². The molecule has 0 aliphatic carbocycles. The number of benzene rings is 1. The molecule has 0 aliphatic rings. The molecule has 0 saturated carbocycles. The van der Waals surface area contributed by atoms with Crippen molar-refractivity contribution in [3.05, 3.63) is 50.1 Å². The van der Waals surface area contributed by atoms with Crippen LogP contribution in [0.15, 0.2) is 28.1 Å². The van der Waals surface area contributed by atoms with Crippen molar-refractivity contribution in [1.29, 1.82) is 0 Å². The van der Waals surface area contributed by atoms with Crippen LogP contribution < -0.4 is 0 Å². The summed E-state index contributed by atoms with van der Waals surface area (Å²) in [7, 11) is 0. The van der Waals surface area contributed by atoms with Gasteiger partial charge in [-0.25, -0.2) is 9.37 Å². The second-order valence-electron chi connectivity index (χ2n) is 3.96. The number of hydrogen-bond acceptors (Lipinski definition) is 3. The summed E-state index contributed by atoms with van der Waals surface area (Å²) in [6, 6.07) is 4.72. The summed E-state index contributed by atoms with van der Waals surface area (Å²) >= 11 is 4.68. The summed E-state index contributed by atoms with van der Waals surface area (Å²) in [5.74, 6) is -0.309. The van der Waals surface area contributed by atoms with Gasteiger partial charge in [-0.15, -0.1) is 11.3 Å². The number of Topliss-reactive ketones (excluding diaryl/α,β-unsaturated/α-hetero) is 1. The maximum absolute atomic E-state index is 13.3. The molecule has 0 aliphatic heterocycles. The van der Waals surface area contributed by atoms with Crippen molar-refractivity contribution in [2.75, 3.05) is 0 Å². The van der Waals surface area contributed by atoms with Gasteiger partial charge in [-0.1, -0.05) is 12.1 Å². The molecule has 0 N–H and O–H groups in total. The third-order valence-corrected chi connectivity index (χ3v) is 4.17. The first-order valence-electron chi connectivity index (χ1n) is 5.42. The summed E-state index contributed by atoms with van der Waals surface area (Å²) in [5, 5.41) is 2.83. The minimum atomic E-state index is -0.343. The lowest BCUT2D eigenvalue weighted by atomic mass is 10.1. The van der Waals surface area contributed by atoms with E-state index in [9.17, 15) is 9.18 Å². The number of aromatic nitrogens is 1. The smallest absolute Gasteiger partial charge is 0.143 e. The second kappa shape index (κ2) is 5.71. The number of carbonyl (C=O) groups excluding carboxylic acids is 1. The Morgan fingerprint density at radius 1 is 1.44 bits per heavy atom. The van der Waals surface area contributed by atoms with E-state index in [4.69, 9.17) is 0 Å². The summed E-state index contributed by atoms with van der Waals surface area (Å²) in [6.45, 7) is 1.90. The summed E-state index contributed by atoms with van der Waals surface area (Å²) in [6.07, 6.45) is 0.516. The minimum absolute atomic E-state index is 0.0339. The van der Waals surface area contributed by atoms with E-state index >= 15 is 0 Å². The Morgan fingerprint density at radius 3 is 2.89 bits per heavy atom. The van der Waals surface area contributed by atoms with Gasteiger partial charge in [-0.2, -0.15) is 0 Å². The zero-order chi connectivity index (χ0) is 13.1. The fourth-order valence-corrected chi connectivity index (χ4v) is 2.67. The average molecular weight is 328 g/mol. The van der Waals surface area contributed by atoms with Gasteiger partial charge in [0.15, 0.2) is 0 Å². The zero-order valence-electron chi connectivity index (χ0n) is 9.74. The molecule has 0 saturated heterocycles. The molecule has 0 radical (unpaired) electrons. The Hall–Kier alpha value is -1.07. The molecule has 0 fully saturated rings. The van der Waals surface area contributed by atoms with Crippen LogP contribution in [0.2, 0.25) is 0 Å². The molecule has 1 heterocycles. The van der Waals surface area contributed by atoms with E-state index in [1.807, 2.05) is 12.3 Å². The highest BCUT2D eigenvalue weighted by Gasteiger charge is 2.11. The lowest BCUT2D eigenvalue weighted by Crippen LogP contribution is -2.07. The van der Waals surface area contributed by atoms with E-state index in [0.717, 1.165) is 10.7 Å². The van der Waals surface area contributed by atoms with Crippen LogP contribution in [0, 0.1) is 12.7 Å². The summed E-state index contributed by atoms with van der Waals surface area (Å²) in [5.41, 5.74) is 1.46. The molecule has 0 spiro atoms. The van der Waals surface area contributed by atoms with E-state index in [1.165, 1.54) is 17.4 Å². The average Bonchev–Trinajstić information content (AvgIpc) is 2.70. The van der Waals surface area contributed by atoms with Crippen LogP contribution in [-0.4, -0.2) is 10.8 Å². The molecule has 1 aromatic carbocycles. The normalized spacial score (nSPS) is 10.6. The minimum Gasteiger partial charge on any atom is -0.299 e. The highest BCUT2D eigenvalue weighted by molar-refractivity contribution is 9.10. The standard InChI is InChI=1S/C13H11BrFNOS/c1-8-16-10(7-18-8)6-11(17)5-9-3-2-4-12(15)13(9)14/h2-4,7H,5-6H2,1H3. The molecule has 18 heavy (non-hydrogen) atoms. The monoisotopic (exact) mass is 327 g/mol. The Labute approximate surface area is 117 Å². The van der Waals surface area contributed by atoms with Gasteiger partial charge in [0.25, 0.3) is 0 Å². The van der Waals surface area contributed by atoms with E-state index in [2.05, 4.69) is 20.9 Å². The molecule has 2 aromatic rings. The van der Waals surface area contributed by atoms with Crippen molar-refractivity contribution in [2.45, 2.75) is 19.8 Å². The van der Waals surface area contributed by atoms with E-state index < -0.39 is 0 Å². The van der Waals surface area contributed by atoms with Crippen LogP contribution in [0.3, 0.4) is 0 Å². The molecule has 0 bridgehead atoms. The maximum Gasteiger partial charge on any atom is 0.143 e. The van der Waals surface area contributed by atoms with Gasteiger partial charge < -0.3 is 0 Å². The molecule has 5 heteroatoms. The molecule has 1 aromatic heterocycles. The number of ketones is 1. The van der Waals surface area contributed by atoms with Gasteiger partial charge in [0.2, 0.25) is 0 Å². The van der Waals surface area contributed by atoms with Gasteiger partial charge in [0, 0.05) is 18.2 Å². The van der Waals surface area contributed by atoms with Gasteiger partial charge >= 0.3 is 0 Å². The van der Waals surface area contributed by atoms with Crippen LogP contribution in [0.25, 0.3) is 0 Å². The molecule has 0 amide bonds. The predicted octanol–water partition coefficient (Wildman–Crippen LogP) is 3.71. The number of aryl methyl sites for hydroxylation is 1. The maximum atomic E-state index is 13.3. The summed E-state index contributed by atoms with van der Waals surface area (Å²) < 4.78 is 13.7. The lowest BCUT2D eigenvalue weighted by molar-refractivity contribution is -0.117. The van der Waals surface area contributed by atoms with Crippen LogP contribution in [0.1, 0.15) is 16.3 Å². The zero-order valence-corrected chi connectivity index (χ0v) is 12.1. The SMILES string of the molecule is Cc1nc(CC(=O)Cc2cccc(F)c2Br)cs1. The van der Waals surface area contributed by atoms with E-state index in [1.54, 1.807) is 12.1 Å². The Morgan fingerprint density at radius 2 is 2.22 bits per heavy atom. The molecule has 2 nitrogen and oxygen atoms in total. The van der Waals surface area contributed by atoms with Crippen molar-refractivity contribution in [3.63, 3.8) is 0 Å². The highest BCUT2D eigenvalue weighted by atomic mass is 79.9. The predicted molar refractivity (Wildman–Crippen MR) is 73.4 cm³/mol. The summed E-state index contributed by atoms with van der Waals surface area (Å²) in [4.78, 5) is 16.1. The van der Waals surface area contributed by atoms with Crippen molar-refractivity contribution in [2.24, 2.45) is 0 Å². The van der Waals surface area contributed by atoms with Crippen LogP contribution in [0.4, 0.5) is 4.39 Å². The first kappa shape index (κ1) is 13.4. The van der Waals surface area contributed by atoms with Gasteiger partial charge in [-0.3, -0.25) is 4.79 Å². The Balaban J connectivity index is 2.05. The van der Waals surface area contributed by atoms with Gasteiger partial charge in [0.05, 0.1) is 15.2 Å². The molecule has 2 rings (SSSR count). The number of hydrogen-bond donors (Lipinski definition) is 0. The fourth-order valence-electron chi connectivity index (χ4n) is 1.65. The van der Waals surface area contributed by atoms with Crippen molar-refractivity contribution >= 4 is 33.0 Å². The third kappa shape index (κ3) is 3.23. The topological polar surface area (TPSA) is 30.0 Å².